The van der Waals surface area contributed by atoms with Crippen LogP contribution in [0.3, 0.4) is 0 Å². The molecule has 0 atom stereocenters. The molecule has 0 radical (unpaired) electrons. The van der Waals surface area contributed by atoms with Gasteiger partial charge in [0.1, 0.15) is 5.56 Å². The molecule has 0 aliphatic heterocycles. The number of rotatable bonds is 5. The molecule has 4 rings (SSSR count). The van der Waals surface area contributed by atoms with E-state index in [9.17, 15) is 9.90 Å². The van der Waals surface area contributed by atoms with Crippen LogP contribution in [0.4, 0.5) is 0 Å². The first-order valence-electron chi connectivity index (χ1n) is 8.56. The van der Waals surface area contributed by atoms with Crippen molar-refractivity contribution >= 4 is 17.4 Å². The van der Waals surface area contributed by atoms with Gasteiger partial charge in [-0.15, -0.1) is 0 Å². The van der Waals surface area contributed by atoms with E-state index in [0.29, 0.717) is 23.0 Å². The maximum absolute atomic E-state index is 13.2. The number of aryl methyl sites for hydroxylation is 1. The summed E-state index contributed by atoms with van der Waals surface area (Å²) in [5.41, 5.74) is 3.73. The Morgan fingerprint density at radius 2 is 2.04 bits per heavy atom. The Morgan fingerprint density at radius 3 is 2.67 bits per heavy atom. The van der Waals surface area contributed by atoms with Crippen molar-refractivity contribution in [2.45, 2.75) is 44.9 Å². The minimum absolute atomic E-state index is 0.0417. The molecule has 2 aromatic rings. The average Bonchev–Trinajstić information content (AvgIpc) is 3.45. The summed E-state index contributed by atoms with van der Waals surface area (Å²) in [5.74, 6) is 0.809. The quantitative estimate of drug-likeness (QED) is 0.829. The second-order valence-corrected chi connectivity index (χ2v) is 7.56. The number of nitrogens with zero attached hydrogens (tertiary/aromatic N) is 2. The predicted molar refractivity (Wildman–Crippen MR) is 92.9 cm³/mol. The molecule has 0 saturated heterocycles. The first kappa shape index (κ1) is 15.7. The lowest BCUT2D eigenvalue weighted by Crippen LogP contribution is -2.08. The van der Waals surface area contributed by atoms with Crippen molar-refractivity contribution < 1.29 is 9.90 Å². The van der Waals surface area contributed by atoms with Crippen LogP contribution in [-0.2, 0) is 13.5 Å². The van der Waals surface area contributed by atoms with Gasteiger partial charge in [0, 0.05) is 23.6 Å². The summed E-state index contributed by atoms with van der Waals surface area (Å²) in [6, 6.07) is 3.59. The lowest BCUT2D eigenvalue weighted by Gasteiger charge is -2.13. The number of hydrogen-bond acceptors (Lipinski definition) is 3. The van der Waals surface area contributed by atoms with Gasteiger partial charge in [-0.05, 0) is 68.2 Å². The number of halogens is 1. The van der Waals surface area contributed by atoms with E-state index in [-0.39, 0.29) is 11.7 Å². The van der Waals surface area contributed by atoms with Crippen molar-refractivity contribution in [1.29, 1.82) is 0 Å². The molecule has 2 saturated carbocycles. The molecule has 2 aliphatic rings. The summed E-state index contributed by atoms with van der Waals surface area (Å²) in [6.07, 6.45) is 5.47. The van der Waals surface area contributed by atoms with Gasteiger partial charge in [0.2, 0.25) is 11.7 Å². The molecule has 2 fully saturated rings. The van der Waals surface area contributed by atoms with Crippen molar-refractivity contribution in [3.05, 3.63) is 45.1 Å². The second kappa shape index (κ2) is 5.62. The largest absolute Gasteiger partial charge is 0.493 e. The zero-order chi connectivity index (χ0) is 17.0. The van der Waals surface area contributed by atoms with Crippen LogP contribution in [0.5, 0.6) is 5.88 Å². The third-order valence-electron chi connectivity index (χ3n) is 5.21. The second-order valence-electron chi connectivity index (χ2n) is 7.16. The van der Waals surface area contributed by atoms with Gasteiger partial charge in [-0.2, -0.15) is 5.10 Å². The van der Waals surface area contributed by atoms with Crippen molar-refractivity contribution in [3.8, 4) is 5.88 Å². The van der Waals surface area contributed by atoms with E-state index >= 15 is 0 Å². The topological polar surface area (TPSA) is 55.1 Å². The molecule has 4 nitrogen and oxygen atoms in total. The molecule has 0 spiro atoms. The van der Waals surface area contributed by atoms with Crippen LogP contribution >= 0.6 is 11.6 Å². The lowest BCUT2D eigenvalue weighted by atomic mass is 9.92. The highest BCUT2D eigenvalue weighted by molar-refractivity contribution is 6.31. The van der Waals surface area contributed by atoms with Gasteiger partial charge in [0.15, 0.2) is 0 Å². The highest BCUT2D eigenvalue weighted by Gasteiger charge is 2.35. The Bertz CT molecular complexity index is 832. The third-order valence-corrected chi connectivity index (χ3v) is 5.56. The fraction of sp³-hybridized carbons (Fsp3) is 0.474. The number of carbonyl (C=O) groups excluding carboxylic acids is 1. The summed E-state index contributed by atoms with van der Waals surface area (Å²) in [6.45, 7) is 1.96. The fourth-order valence-corrected chi connectivity index (χ4v) is 3.64. The molecule has 0 bridgehead atoms. The van der Waals surface area contributed by atoms with Gasteiger partial charge < -0.3 is 5.11 Å². The van der Waals surface area contributed by atoms with Crippen LogP contribution in [0.1, 0.15) is 64.3 Å². The van der Waals surface area contributed by atoms with Crippen LogP contribution in [-0.4, -0.2) is 20.7 Å². The van der Waals surface area contributed by atoms with E-state index in [2.05, 4.69) is 5.10 Å². The van der Waals surface area contributed by atoms with Gasteiger partial charge in [0.05, 0.1) is 5.69 Å². The summed E-state index contributed by atoms with van der Waals surface area (Å²) in [7, 11) is 1.67. The van der Waals surface area contributed by atoms with E-state index in [1.165, 1.54) is 17.5 Å². The Kier molecular flexibility index (Phi) is 3.68. The van der Waals surface area contributed by atoms with Crippen LogP contribution in [0.2, 0.25) is 5.02 Å². The van der Waals surface area contributed by atoms with Gasteiger partial charge >= 0.3 is 0 Å². The SMILES string of the molecule is Cc1c(C(=O)c2c(C3CC3)nn(C)c2O)ccc(Cl)c1CC1CC1. The Hall–Kier alpha value is -1.81. The molecule has 0 unspecified atom stereocenters. The summed E-state index contributed by atoms with van der Waals surface area (Å²) < 4.78 is 1.40. The maximum atomic E-state index is 13.2. The third kappa shape index (κ3) is 2.63. The molecule has 1 heterocycles. The molecule has 0 amide bonds. The van der Waals surface area contributed by atoms with Gasteiger partial charge in [0.25, 0.3) is 0 Å². The molecular weight excluding hydrogens is 324 g/mol. The molecule has 1 N–H and O–H groups in total. The Morgan fingerprint density at radius 1 is 1.33 bits per heavy atom. The molecule has 1 aromatic carbocycles. The minimum Gasteiger partial charge on any atom is -0.493 e. The van der Waals surface area contributed by atoms with Gasteiger partial charge in [-0.3, -0.25) is 4.79 Å². The van der Waals surface area contributed by atoms with E-state index in [4.69, 9.17) is 11.6 Å². The number of aromatic hydroxyl groups is 1. The standard InChI is InChI=1S/C19H21ClN2O2/c1-10-13(7-8-15(20)14(10)9-11-3-4-11)18(23)16-17(12-5-6-12)21-22(2)19(16)24/h7-8,11-12,24H,3-6,9H2,1-2H3. The molecule has 126 valence electrons. The number of benzene rings is 1. The number of carbonyl (C=O) groups is 1. The van der Waals surface area contributed by atoms with Crippen LogP contribution < -0.4 is 0 Å². The monoisotopic (exact) mass is 344 g/mol. The molecular formula is C19H21ClN2O2. The van der Waals surface area contributed by atoms with Crippen LogP contribution in [0.15, 0.2) is 12.1 Å². The maximum Gasteiger partial charge on any atom is 0.220 e. The fourth-order valence-electron chi connectivity index (χ4n) is 3.36. The normalized spacial score (nSPS) is 17.3. The van der Waals surface area contributed by atoms with E-state index < -0.39 is 0 Å². The van der Waals surface area contributed by atoms with E-state index in [0.717, 1.165) is 41.1 Å². The predicted octanol–water partition coefficient (Wildman–Crippen LogP) is 4.15. The van der Waals surface area contributed by atoms with Crippen LogP contribution in [0.25, 0.3) is 0 Å². The highest BCUT2D eigenvalue weighted by Crippen LogP contribution is 2.44. The minimum atomic E-state index is -0.145. The summed E-state index contributed by atoms with van der Waals surface area (Å²) in [4.78, 5) is 13.2. The molecule has 1 aromatic heterocycles. The summed E-state index contributed by atoms with van der Waals surface area (Å²) >= 11 is 6.37. The zero-order valence-electron chi connectivity index (χ0n) is 14.0. The van der Waals surface area contributed by atoms with Crippen LogP contribution in [0, 0.1) is 12.8 Å². The van der Waals surface area contributed by atoms with Crippen molar-refractivity contribution in [2.24, 2.45) is 13.0 Å². The lowest BCUT2D eigenvalue weighted by molar-refractivity contribution is 0.103. The van der Waals surface area contributed by atoms with Gasteiger partial charge in [-0.1, -0.05) is 11.6 Å². The van der Waals surface area contributed by atoms with E-state index in [1.54, 1.807) is 13.1 Å². The Balaban J connectivity index is 1.77. The average molecular weight is 345 g/mol. The number of hydrogen-bond donors (Lipinski definition) is 1. The smallest absolute Gasteiger partial charge is 0.220 e. The highest BCUT2D eigenvalue weighted by atomic mass is 35.5. The molecule has 5 heteroatoms. The van der Waals surface area contributed by atoms with Crippen molar-refractivity contribution in [2.75, 3.05) is 0 Å². The van der Waals surface area contributed by atoms with Crippen molar-refractivity contribution in [1.82, 2.24) is 9.78 Å². The first-order valence-corrected chi connectivity index (χ1v) is 8.93. The Labute approximate surface area is 146 Å². The van der Waals surface area contributed by atoms with E-state index in [1.807, 2.05) is 13.0 Å². The molecule has 24 heavy (non-hydrogen) atoms. The number of aromatic nitrogens is 2. The van der Waals surface area contributed by atoms with Gasteiger partial charge in [-0.25, -0.2) is 4.68 Å². The first-order chi connectivity index (χ1) is 11.5. The zero-order valence-corrected chi connectivity index (χ0v) is 14.7. The number of ketones is 1. The molecule has 2 aliphatic carbocycles. The summed E-state index contributed by atoms with van der Waals surface area (Å²) in [5, 5.41) is 15.4. The van der Waals surface area contributed by atoms with Crippen molar-refractivity contribution in [3.63, 3.8) is 0 Å².